The van der Waals surface area contributed by atoms with E-state index in [2.05, 4.69) is 219 Å². The molecule has 0 saturated heterocycles. The summed E-state index contributed by atoms with van der Waals surface area (Å²) in [4.78, 5) is 2.45. The molecule has 9 aromatic carbocycles. The van der Waals surface area contributed by atoms with Gasteiger partial charge in [0.05, 0.1) is 5.69 Å². The van der Waals surface area contributed by atoms with E-state index in [-0.39, 0.29) is 5.41 Å². The van der Waals surface area contributed by atoms with Gasteiger partial charge in [-0.2, -0.15) is 0 Å². The monoisotopic (exact) mass is 729 g/mol. The molecule has 1 aliphatic rings. The smallest absolute Gasteiger partial charge is 0.143 e. The van der Waals surface area contributed by atoms with E-state index < -0.39 is 0 Å². The number of para-hydroxylation sites is 1. The Morgan fingerprint density at radius 2 is 0.842 bits per heavy atom. The molecule has 0 N–H and O–H groups in total. The molecule has 0 radical (unpaired) electrons. The highest BCUT2D eigenvalue weighted by Gasteiger charge is 2.42. The lowest BCUT2D eigenvalue weighted by Crippen LogP contribution is -2.21. The van der Waals surface area contributed by atoms with Crippen molar-refractivity contribution in [2.75, 3.05) is 4.90 Å². The molecule has 2 heteroatoms. The molecule has 0 fully saturated rings. The van der Waals surface area contributed by atoms with Crippen LogP contribution in [-0.4, -0.2) is 0 Å². The first-order chi connectivity index (χ1) is 28.0. The van der Waals surface area contributed by atoms with Crippen LogP contribution in [0.5, 0.6) is 0 Å². The molecule has 57 heavy (non-hydrogen) atoms. The quantitative estimate of drug-likeness (QED) is 0.169. The van der Waals surface area contributed by atoms with E-state index in [1.165, 1.54) is 72.1 Å². The second-order valence-electron chi connectivity index (χ2n) is 15.7. The van der Waals surface area contributed by atoms with Crippen molar-refractivity contribution < 1.29 is 4.42 Å². The summed E-state index contributed by atoms with van der Waals surface area (Å²) in [6.45, 7) is 4.80. The third-order valence-electron chi connectivity index (χ3n) is 12.0. The highest BCUT2D eigenvalue weighted by atomic mass is 16.3. The average molecular weight is 730 g/mol. The number of anilines is 3. The minimum atomic E-state index is -0.348. The molecule has 11 rings (SSSR count). The number of fused-ring (bicyclic) bond motifs is 10. The number of hydrogen-bond donors (Lipinski definition) is 0. The largest absolute Gasteiger partial charge is 0.455 e. The van der Waals surface area contributed by atoms with Gasteiger partial charge < -0.3 is 9.32 Å². The Balaban J connectivity index is 1.09. The Bertz CT molecular complexity index is 3100. The molecule has 1 heterocycles. The zero-order valence-corrected chi connectivity index (χ0v) is 31.9. The summed E-state index contributed by atoms with van der Waals surface area (Å²) >= 11 is 0. The molecule has 1 aliphatic carbocycles. The number of rotatable bonds is 6. The Morgan fingerprint density at radius 3 is 1.40 bits per heavy atom. The number of benzene rings is 9. The van der Waals surface area contributed by atoms with Gasteiger partial charge in [-0.15, -0.1) is 0 Å². The van der Waals surface area contributed by atoms with Crippen LogP contribution >= 0.6 is 0 Å². The van der Waals surface area contributed by atoms with Gasteiger partial charge in [0, 0.05) is 32.9 Å². The minimum Gasteiger partial charge on any atom is -0.455 e. The second kappa shape index (κ2) is 13.0. The summed E-state index contributed by atoms with van der Waals surface area (Å²) in [7, 11) is 0. The maximum atomic E-state index is 6.71. The van der Waals surface area contributed by atoms with Gasteiger partial charge in [-0.1, -0.05) is 178 Å². The van der Waals surface area contributed by atoms with Gasteiger partial charge in [0.25, 0.3) is 0 Å². The van der Waals surface area contributed by atoms with Crippen molar-refractivity contribution in [3.8, 4) is 44.5 Å². The third kappa shape index (κ3) is 5.25. The molecule has 0 unspecified atom stereocenters. The molecule has 1 aromatic heterocycles. The van der Waals surface area contributed by atoms with Crippen molar-refractivity contribution in [2.45, 2.75) is 19.3 Å². The van der Waals surface area contributed by atoms with Crippen LogP contribution in [0, 0.1) is 0 Å². The van der Waals surface area contributed by atoms with Crippen LogP contribution in [-0.2, 0) is 5.41 Å². The van der Waals surface area contributed by atoms with E-state index in [1.54, 1.807) is 0 Å². The molecule has 0 saturated carbocycles. The van der Waals surface area contributed by atoms with Crippen molar-refractivity contribution in [3.05, 3.63) is 211 Å². The number of furan rings is 1. The van der Waals surface area contributed by atoms with Gasteiger partial charge in [-0.05, 0) is 97.4 Å². The van der Waals surface area contributed by atoms with Gasteiger partial charge in [-0.3, -0.25) is 0 Å². The van der Waals surface area contributed by atoms with Crippen LogP contribution in [0.2, 0.25) is 0 Å². The summed E-state index contributed by atoms with van der Waals surface area (Å²) < 4.78 is 6.71. The zero-order chi connectivity index (χ0) is 38.1. The summed E-state index contributed by atoms with van der Waals surface area (Å²) in [5.74, 6) is 0. The van der Waals surface area contributed by atoms with Crippen LogP contribution in [0.3, 0.4) is 0 Å². The average Bonchev–Trinajstić information content (AvgIpc) is 3.78. The molecule has 0 amide bonds. The van der Waals surface area contributed by atoms with E-state index in [0.29, 0.717) is 0 Å². The molecule has 0 atom stereocenters. The lowest BCUT2D eigenvalue weighted by molar-refractivity contribution is 0.659. The highest BCUT2D eigenvalue weighted by Crippen LogP contribution is 2.59. The van der Waals surface area contributed by atoms with Crippen molar-refractivity contribution in [1.82, 2.24) is 0 Å². The number of hydrogen-bond acceptors (Lipinski definition) is 2. The standard InChI is InChI=1S/C55H39NO/c1-55(2)52-47(50-44-18-9-10-19-45(44)54-51(53(50)55)46-20-11-12-23-49(46)57-54)21-13-22-48(52)56(42-32-28-40(29-33-42)37-16-7-4-8-17-37)43-34-30-41(31-35-43)39-26-24-38(25-27-39)36-14-5-3-6-15-36/h3-35H,1-2H3. The molecule has 0 aliphatic heterocycles. The maximum absolute atomic E-state index is 6.71. The maximum Gasteiger partial charge on any atom is 0.143 e. The van der Waals surface area contributed by atoms with E-state index in [4.69, 9.17) is 4.42 Å². The first kappa shape index (κ1) is 33.2. The van der Waals surface area contributed by atoms with Gasteiger partial charge in [0.1, 0.15) is 11.2 Å². The fourth-order valence-corrected chi connectivity index (χ4v) is 9.41. The molecule has 0 spiro atoms. The minimum absolute atomic E-state index is 0.348. The van der Waals surface area contributed by atoms with Crippen LogP contribution in [0.15, 0.2) is 205 Å². The topological polar surface area (TPSA) is 16.4 Å². The first-order valence-corrected chi connectivity index (χ1v) is 19.8. The second-order valence-corrected chi connectivity index (χ2v) is 15.7. The van der Waals surface area contributed by atoms with Gasteiger partial charge in [0.15, 0.2) is 0 Å². The summed E-state index contributed by atoms with van der Waals surface area (Å²) in [6, 6.07) is 72.3. The van der Waals surface area contributed by atoms with Crippen molar-refractivity contribution >= 4 is 49.8 Å². The van der Waals surface area contributed by atoms with Crippen LogP contribution in [0.1, 0.15) is 25.0 Å². The van der Waals surface area contributed by atoms with E-state index in [0.717, 1.165) is 33.3 Å². The molecular weight excluding hydrogens is 691 g/mol. The summed E-state index contributed by atoms with van der Waals surface area (Å²) in [5, 5.41) is 4.76. The van der Waals surface area contributed by atoms with Crippen molar-refractivity contribution in [3.63, 3.8) is 0 Å². The first-order valence-electron chi connectivity index (χ1n) is 19.8. The van der Waals surface area contributed by atoms with Crippen molar-refractivity contribution in [1.29, 1.82) is 0 Å². The summed E-state index contributed by atoms with van der Waals surface area (Å²) in [6.07, 6.45) is 0. The molecule has 2 nitrogen and oxygen atoms in total. The van der Waals surface area contributed by atoms with E-state index >= 15 is 0 Å². The third-order valence-corrected chi connectivity index (χ3v) is 12.0. The van der Waals surface area contributed by atoms with Crippen LogP contribution < -0.4 is 4.90 Å². The van der Waals surface area contributed by atoms with Gasteiger partial charge in [-0.25, -0.2) is 0 Å². The zero-order valence-electron chi connectivity index (χ0n) is 31.9. The predicted octanol–water partition coefficient (Wildman–Crippen LogP) is 15.5. The van der Waals surface area contributed by atoms with E-state index in [9.17, 15) is 0 Å². The summed E-state index contributed by atoms with van der Waals surface area (Å²) in [5.41, 5.74) is 17.4. The number of nitrogens with zero attached hydrogens (tertiary/aromatic N) is 1. The normalized spacial score (nSPS) is 12.9. The van der Waals surface area contributed by atoms with Crippen LogP contribution in [0.25, 0.3) is 77.2 Å². The SMILES string of the molecule is CC1(C)c2c(cccc2N(c2ccc(-c3ccccc3)cc2)c2ccc(-c3ccc(-c4ccccc4)cc3)cc2)-c2c1c1c3ccccc3oc1c1ccccc21. The Morgan fingerprint density at radius 1 is 0.386 bits per heavy atom. The fourth-order valence-electron chi connectivity index (χ4n) is 9.41. The molecular formula is C55H39NO. The van der Waals surface area contributed by atoms with Gasteiger partial charge in [0.2, 0.25) is 0 Å². The van der Waals surface area contributed by atoms with Crippen LogP contribution in [0.4, 0.5) is 17.1 Å². The molecule has 0 bridgehead atoms. The lowest BCUT2D eigenvalue weighted by atomic mass is 9.78. The highest BCUT2D eigenvalue weighted by molar-refractivity contribution is 6.23. The fraction of sp³-hybridized carbons (Fsp3) is 0.0545. The Labute approximate surface area is 332 Å². The van der Waals surface area contributed by atoms with E-state index in [1.807, 2.05) is 0 Å². The van der Waals surface area contributed by atoms with Crippen molar-refractivity contribution in [2.24, 2.45) is 0 Å². The Kier molecular flexibility index (Phi) is 7.55. The molecule has 10 aromatic rings. The molecule has 270 valence electrons. The lowest BCUT2D eigenvalue weighted by Gasteiger charge is -2.32. The van der Waals surface area contributed by atoms with Gasteiger partial charge >= 0.3 is 0 Å². The predicted molar refractivity (Wildman–Crippen MR) is 240 cm³/mol. The Hall–Kier alpha value is -7.16.